The van der Waals surface area contributed by atoms with Gasteiger partial charge in [-0.2, -0.15) is 0 Å². The molecule has 3 nitrogen and oxygen atoms in total. The van der Waals surface area contributed by atoms with Crippen molar-refractivity contribution in [3.63, 3.8) is 0 Å². The second-order valence-corrected chi connectivity index (χ2v) is 3.35. The molecule has 0 fully saturated rings. The van der Waals surface area contributed by atoms with Crippen LogP contribution in [0.15, 0.2) is 0 Å². The Hall–Kier alpha value is -0.280. The number of aliphatic carboxylic acids is 1. The smallest absolute Gasteiger partial charge is 0.318 e. The summed E-state index contributed by atoms with van der Waals surface area (Å²) in [5, 5.41) is 7.59. The molecular weight excluding hydrogens is 202 g/mol. The van der Waals surface area contributed by atoms with Crippen LogP contribution in [0.5, 0.6) is 0 Å². The number of carbonyl (C=O) groups is 1. The van der Waals surface area contributed by atoms with Gasteiger partial charge in [-0.1, -0.05) is 39.0 Å². The van der Waals surface area contributed by atoms with Gasteiger partial charge in [0.1, 0.15) is 5.88 Å². The van der Waals surface area contributed by atoms with Gasteiger partial charge >= 0.3 is 5.97 Å². The van der Waals surface area contributed by atoms with Crippen LogP contribution in [0.2, 0.25) is 0 Å². The standard InChI is InChI=1S/C8H19N.C2H3ClO2/c1-2-3-4-5-6-7-8-9;3-1-2(4)5/h2-9H2,1H3;1H2,(H,4,5). The van der Waals surface area contributed by atoms with E-state index in [1.807, 2.05) is 0 Å². The Bertz CT molecular complexity index is 115. The largest absolute Gasteiger partial charge is 0.480 e. The summed E-state index contributed by atoms with van der Waals surface area (Å²) in [5.41, 5.74) is 5.34. The highest BCUT2D eigenvalue weighted by molar-refractivity contribution is 6.26. The van der Waals surface area contributed by atoms with Crippen LogP contribution in [0.25, 0.3) is 0 Å². The van der Waals surface area contributed by atoms with Gasteiger partial charge in [0, 0.05) is 0 Å². The number of carboxylic acid groups (broad SMARTS) is 1. The van der Waals surface area contributed by atoms with Crippen LogP contribution >= 0.6 is 11.6 Å². The molecule has 0 radical (unpaired) electrons. The molecule has 0 bridgehead atoms. The van der Waals surface area contributed by atoms with Crippen molar-refractivity contribution in [3.05, 3.63) is 0 Å². The maximum Gasteiger partial charge on any atom is 0.318 e. The third-order valence-corrected chi connectivity index (χ3v) is 1.90. The van der Waals surface area contributed by atoms with Crippen LogP contribution in [0, 0.1) is 0 Å². The zero-order valence-electron chi connectivity index (χ0n) is 8.97. The first-order valence-electron chi connectivity index (χ1n) is 5.16. The minimum absolute atomic E-state index is 0.306. The van der Waals surface area contributed by atoms with Gasteiger partial charge < -0.3 is 10.8 Å². The molecule has 14 heavy (non-hydrogen) atoms. The van der Waals surface area contributed by atoms with E-state index in [9.17, 15) is 4.79 Å². The lowest BCUT2D eigenvalue weighted by Crippen LogP contribution is -1.97. The van der Waals surface area contributed by atoms with E-state index in [1.54, 1.807) is 0 Å². The first-order chi connectivity index (χ1) is 6.68. The van der Waals surface area contributed by atoms with E-state index in [0.29, 0.717) is 0 Å². The Kier molecular flexibility index (Phi) is 17.6. The van der Waals surface area contributed by atoms with Crippen molar-refractivity contribution in [1.29, 1.82) is 0 Å². The molecule has 0 amide bonds. The number of hydrogen-bond donors (Lipinski definition) is 2. The molecule has 0 saturated carbocycles. The van der Waals surface area contributed by atoms with Crippen LogP contribution in [-0.2, 0) is 4.79 Å². The van der Waals surface area contributed by atoms with Gasteiger partial charge in [-0.15, -0.1) is 11.6 Å². The summed E-state index contributed by atoms with van der Waals surface area (Å²) in [6.45, 7) is 3.11. The van der Waals surface area contributed by atoms with Gasteiger partial charge in [0.2, 0.25) is 0 Å². The molecule has 0 unspecified atom stereocenters. The lowest BCUT2D eigenvalue weighted by Gasteiger charge is -1.96. The van der Waals surface area contributed by atoms with Crippen molar-refractivity contribution in [2.45, 2.75) is 45.4 Å². The first kappa shape index (κ1) is 16.2. The second kappa shape index (κ2) is 15.2. The van der Waals surface area contributed by atoms with Crippen molar-refractivity contribution in [1.82, 2.24) is 0 Å². The van der Waals surface area contributed by atoms with E-state index in [1.165, 1.54) is 38.5 Å². The van der Waals surface area contributed by atoms with Gasteiger partial charge in [-0.05, 0) is 13.0 Å². The Balaban J connectivity index is 0. The first-order valence-corrected chi connectivity index (χ1v) is 5.70. The quantitative estimate of drug-likeness (QED) is 0.515. The number of halogens is 1. The van der Waals surface area contributed by atoms with Crippen molar-refractivity contribution in [2.24, 2.45) is 5.73 Å². The monoisotopic (exact) mass is 223 g/mol. The molecule has 0 spiro atoms. The van der Waals surface area contributed by atoms with Crippen molar-refractivity contribution < 1.29 is 9.90 Å². The molecule has 0 atom stereocenters. The highest BCUT2D eigenvalue weighted by atomic mass is 35.5. The van der Waals surface area contributed by atoms with Gasteiger partial charge in [0.25, 0.3) is 0 Å². The van der Waals surface area contributed by atoms with E-state index >= 15 is 0 Å². The molecule has 3 N–H and O–H groups in total. The van der Waals surface area contributed by atoms with Crippen LogP contribution in [0.3, 0.4) is 0 Å². The highest BCUT2D eigenvalue weighted by Crippen LogP contribution is 2.03. The lowest BCUT2D eigenvalue weighted by molar-refractivity contribution is -0.134. The zero-order valence-corrected chi connectivity index (χ0v) is 9.72. The lowest BCUT2D eigenvalue weighted by atomic mass is 10.1. The molecule has 0 rings (SSSR count). The van der Waals surface area contributed by atoms with E-state index in [0.717, 1.165) is 6.54 Å². The van der Waals surface area contributed by atoms with Gasteiger partial charge in [0.15, 0.2) is 0 Å². The Morgan fingerprint density at radius 2 is 1.64 bits per heavy atom. The Morgan fingerprint density at radius 3 is 2.00 bits per heavy atom. The predicted octanol–water partition coefficient (Wildman–Crippen LogP) is 2.62. The number of alkyl halides is 1. The van der Waals surface area contributed by atoms with Crippen LogP contribution in [0.1, 0.15) is 45.4 Å². The Morgan fingerprint density at radius 1 is 1.21 bits per heavy atom. The molecule has 4 heteroatoms. The summed E-state index contributed by atoms with van der Waals surface area (Å²) in [4.78, 5) is 9.24. The Labute approximate surface area is 91.6 Å². The van der Waals surface area contributed by atoms with E-state index < -0.39 is 5.97 Å². The van der Waals surface area contributed by atoms with Crippen LogP contribution in [-0.4, -0.2) is 23.5 Å². The van der Waals surface area contributed by atoms with Gasteiger partial charge in [-0.3, -0.25) is 4.79 Å². The number of hydrogen-bond acceptors (Lipinski definition) is 2. The van der Waals surface area contributed by atoms with Crippen LogP contribution < -0.4 is 5.73 Å². The summed E-state index contributed by atoms with van der Waals surface area (Å²) < 4.78 is 0. The SMILES string of the molecule is CCCCCCCCN.O=C(O)CCl. The topological polar surface area (TPSA) is 63.3 Å². The molecule has 0 aliphatic carbocycles. The fraction of sp³-hybridized carbons (Fsp3) is 0.900. The summed E-state index contributed by atoms with van der Waals surface area (Å²) in [7, 11) is 0. The minimum atomic E-state index is -0.980. The average molecular weight is 224 g/mol. The number of rotatable bonds is 7. The summed E-state index contributed by atoms with van der Waals surface area (Å²) in [6, 6.07) is 0. The van der Waals surface area contributed by atoms with Gasteiger partial charge in [-0.25, -0.2) is 0 Å². The molecule has 0 saturated heterocycles. The molecular formula is C10H22ClNO2. The van der Waals surface area contributed by atoms with Crippen LogP contribution in [0.4, 0.5) is 0 Å². The second-order valence-electron chi connectivity index (χ2n) is 3.08. The number of unbranched alkanes of at least 4 members (excludes halogenated alkanes) is 5. The third-order valence-electron chi connectivity index (χ3n) is 1.67. The molecule has 0 heterocycles. The predicted molar refractivity (Wildman–Crippen MR) is 60.8 cm³/mol. The van der Waals surface area contributed by atoms with Crippen molar-refractivity contribution in [2.75, 3.05) is 12.4 Å². The van der Waals surface area contributed by atoms with Crippen molar-refractivity contribution >= 4 is 17.6 Å². The molecule has 0 aliphatic heterocycles. The third kappa shape index (κ3) is 22.6. The fourth-order valence-electron chi connectivity index (χ4n) is 0.925. The van der Waals surface area contributed by atoms with Gasteiger partial charge in [0.05, 0.1) is 0 Å². The van der Waals surface area contributed by atoms with E-state index in [-0.39, 0.29) is 5.88 Å². The molecule has 0 aromatic heterocycles. The normalized spacial score (nSPS) is 9.07. The number of carboxylic acids is 1. The van der Waals surface area contributed by atoms with E-state index in [4.69, 9.17) is 22.4 Å². The maximum atomic E-state index is 9.24. The summed E-state index contributed by atoms with van der Waals surface area (Å²) in [5.74, 6) is -1.29. The summed E-state index contributed by atoms with van der Waals surface area (Å²) >= 11 is 4.74. The zero-order chi connectivity index (χ0) is 11.2. The molecule has 0 aliphatic rings. The molecule has 86 valence electrons. The minimum Gasteiger partial charge on any atom is -0.480 e. The average Bonchev–Trinajstić information content (AvgIpc) is 2.19. The maximum absolute atomic E-state index is 9.24. The molecule has 0 aromatic rings. The van der Waals surface area contributed by atoms with Crippen molar-refractivity contribution in [3.8, 4) is 0 Å². The summed E-state index contributed by atoms with van der Waals surface area (Å²) in [6.07, 6.45) is 8.05. The molecule has 0 aromatic carbocycles. The number of nitrogens with two attached hydrogens (primary N) is 1. The fourth-order valence-corrected chi connectivity index (χ4v) is 0.925. The highest BCUT2D eigenvalue weighted by Gasteiger charge is 1.86. The van der Waals surface area contributed by atoms with E-state index in [2.05, 4.69) is 6.92 Å².